The number of pyridine rings is 1. The fourth-order valence-corrected chi connectivity index (χ4v) is 3.90. The van der Waals surface area contributed by atoms with E-state index in [1.165, 1.54) is 6.42 Å². The molecule has 28 heavy (non-hydrogen) atoms. The third kappa shape index (κ3) is 3.96. The van der Waals surface area contributed by atoms with Gasteiger partial charge in [0.05, 0.1) is 6.54 Å². The molecule has 4 rings (SSSR count). The summed E-state index contributed by atoms with van der Waals surface area (Å²) in [4.78, 5) is 17.2. The van der Waals surface area contributed by atoms with Gasteiger partial charge in [-0.1, -0.05) is 55.3 Å². The molecule has 1 amide bonds. The molecule has 144 valence electrons. The summed E-state index contributed by atoms with van der Waals surface area (Å²) in [5, 5.41) is 11.8. The van der Waals surface area contributed by atoms with Crippen LogP contribution in [0.2, 0.25) is 0 Å². The van der Waals surface area contributed by atoms with Crippen molar-refractivity contribution in [2.75, 3.05) is 0 Å². The molecular formula is C22H25N5O. The Morgan fingerprint density at radius 1 is 1.11 bits per heavy atom. The lowest BCUT2D eigenvalue weighted by Gasteiger charge is -2.29. The van der Waals surface area contributed by atoms with Crippen LogP contribution in [0.4, 0.5) is 0 Å². The minimum atomic E-state index is -0.148. The van der Waals surface area contributed by atoms with E-state index in [4.69, 9.17) is 0 Å². The van der Waals surface area contributed by atoms with E-state index in [0.717, 1.165) is 36.1 Å². The molecule has 1 saturated carbocycles. The third-order valence-corrected chi connectivity index (χ3v) is 5.51. The molecule has 2 heterocycles. The van der Waals surface area contributed by atoms with Crippen molar-refractivity contribution in [2.24, 2.45) is 5.92 Å². The zero-order chi connectivity index (χ0) is 19.3. The first-order valence-corrected chi connectivity index (χ1v) is 9.91. The maximum absolute atomic E-state index is 13.1. The Hall–Kier alpha value is -3.02. The van der Waals surface area contributed by atoms with E-state index < -0.39 is 0 Å². The largest absolute Gasteiger partial charge is 0.348 e. The van der Waals surface area contributed by atoms with E-state index in [-0.39, 0.29) is 11.9 Å². The molecule has 6 heteroatoms. The van der Waals surface area contributed by atoms with E-state index >= 15 is 0 Å². The molecule has 0 saturated heterocycles. The molecule has 6 nitrogen and oxygen atoms in total. The van der Waals surface area contributed by atoms with Crippen molar-refractivity contribution in [1.82, 2.24) is 25.3 Å². The number of aromatic nitrogens is 4. The summed E-state index contributed by atoms with van der Waals surface area (Å²) in [7, 11) is 0. The molecule has 0 spiro atoms. The molecule has 0 aliphatic heterocycles. The second-order valence-electron chi connectivity index (χ2n) is 7.51. The van der Waals surface area contributed by atoms with Gasteiger partial charge < -0.3 is 5.32 Å². The van der Waals surface area contributed by atoms with Crippen molar-refractivity contribution >= 4 is 5.91 Å². The van der Waals surface area contributed by atoms with Gasteiger partial charge in [0.2, 0.25) is 0 Å². The van der Waals surface area contributed by atoms with Crippen LogP contribution in [0.1, 0.15) is 48.7 Å². The average Bonchev–Trinajstić information content (AvgIpc) is 3.15. The van der Waals surface area contributed by atoms with Crippen LogP contribution in [-0.2, 0) is 6.54 Å². The SMILES string of the molecule is CC1CCCCC1NC(=O)c1nnn(Cc2ccccc2)c1-c1ccncc1. The van der Waals surface area contributed by atoms with Gasteiger partial charge in [-0.05, 0) is 36.5 Å². The van der Waals surface area contributed by atoms with Crippen LogP contribution in [0.3, 0.4) is 0 Å². The Morgan fingerprint density at radius 2 is 1.86 bits per heavy atom. The van der Waals surface area contributed by atoms with Gasteiger partial charge in [0.15, 0.2) is 5.69 Å². The maximum atomic E-state index is 13.1. The van der Waals surface area contributed by atoms with E-state index in [1.54, 1.807) is 17.1 Å². The number of carbonyl (C=O) groups excluding carboxylic acids is 1. The summed E-state index contributed by atoms with van der Waals surface area (Å²) in [6.07, 6.45) is 8.02. The molecule has 0 bridgehead atoms. The Kier molecular flexibility index (Phi) is 5.46. The zero-order valence-corrected chi connectivity index (χ0v) is 16.1. The summed E-state index contributed by atoms with van der Waals surface area (Å²) in [6.45, 7) is 2.76. The lowest BCUT2D eigenvalue weighted by atomic mass is 9.86. The maximum Gasteiger partial charge on any atom is 0.274 e. The van der Waals surface area contributed by atoms with E-state index in [0.29, 0.717) is 18.2 Å². The van der Waals surface area contributed by atoms with Gasteiger partial charge in [-0.3, -0.25) is 9.78 Å². The lowest BCUT2D eigenvalue weighted by Crippen LogP contribution is -2.41. The summed E-state index contributed by atoms with van der Waals surface area (Å²) >= 11 is 0. The highest BCUT2D eigenvalue weighted by Gasteiger charge is 2.27. The molecule has 2 unspecified atom stereocenters. The van der Waals surface area contributed by atoms with Gasteiger partial charge in [-0.25, -0.2) is 4.68 Å². The van der Waals surface area contributed by atoms with E-state index in [2.05, 4.69) is 27.5 Å². The molecular weight excluding hydrogens is 350 g/mol. The Balaban J connectivity index is 1.66. The summed E-state index contributed by atoms with van der Waals surface area (Å²) < 4.78 is 1.80. The van der Waals surface area contributed by atoms with Gasteiger partial charge in [-0.15, -0.1) is 5.10 Å². The Bertz CT molecular complexity index is 923. The molecule has 2 aromatic heterocycles. The third-order valence-electron chi connectivity index (χ3n) is 5.51. The fraction of sp³-hybridized carbons (Fsp3) is 0.364. The van der Waals surface area contributed by atoms with Crippen LogP contribution in [0.25, 0.3) is 11.3 Å². The van der Waals surface area contributed by atoms with Crippen molar-refractivity contribution in [3.63, 3.8) is 0 Å². The van der Waals surface area contributed by atoms with E-state index in [9.17, 15) is 4.79 Å². The molecule has 2 atom stereocenters. The number of nitrogens with one attached hydrogen (secondary N) is 1. The molecule has 1 aliphatic rings. The standard InChI is InChI=1S/C22H25N5O/c1-16-7-5-6-10-19(16)24-22(28)20-21(18-11-13-23-14-12-18)27(26-25-20)15-17-8-3-2-4-9-17/h2-4,8-9,11-14,16,19H,5-7,10,15H2,1H3,(H,24,28). The van der Waals surface area contributed by atoms with Crippen LogP contribution in [0, 0.1) is 5.92 Å². The second-order valence-corrected chi connectivity index (χ2v) is 7.51. The predicted octanol–water partition coefficient (Wildman–Crippen LogP) is 3.70. The number of hydrogen-bond donors (Lipinski definition) is 1. The van der Waals surface area contributed by atoms with E-state index in [1.807, 2.05) is 42.5 Å². The predicted molar refractivity (Wildman–Crippen MR) is 108 cm³/mol. The topological polar surface area (TPSA) is 72.7 Å². The average molecular weight is 375 g/mol. The first-order valence-electron chi connectivity index (χ1n) is 9.91. The van der Waals surface area contributed by atoms with Crippen LogP contribution in [-0.4, -0.2) is 31.9 Å². The number of benzene rings is 1. The molecule has 1 aliphatic carbocycles. The van der Waals surface area contributed by atoms with Crippen molar-refractivity contribution in [3.8, 4) is 11.3 Å². The highest BCUT2D eigenvalue weighted by atomic mass is 16.2. The second kappa shape index (κ2) is 8.33. The molecule has 1 fully saturated rings. The van der Waals surface area contributed by atoms with Gasteiger partial charge >= 0.3 is 0 Å². The van der Waals surface area contributed by atoms with Crippen LogP contribution in [0.15, 0.2) is 54.9 Å². The lowest BCUT2D eigenvalue weighted by molar-refractivity contribution is 0.0906. The summed E-state index contributed by atoms with van der Waals surface area (Å²) in [5.74, 6) is 0.339. The first-order chi connectivity index (χ1) is 13.7. The van der Waals surface area contributed by atoms with Gasteiger partial charge in [0.25, 0.3) is 5.91 Å². The van der Waals surface area contributed by atoms with Gasteiger partial charge in [0.1, 0.15) is 5.69 Å². The number of amides is 1. The molecule has 3 aromatic rings. The fourth-order valence-electron chi connectivity index (χ4n) is 3.90. The van der Waals surface area contributed by atoms with Crippen molar-refractivity contribution in [3.05, 3.63) is 66.1 Å². The monoisotopic (exact) mass is 375 g/mol. The van der Waals surface area contributed by atoms with Crippen molar-refractivity contribution in [2.45, 2.75) is 45.2 Å². The molecule has 1 aromatic carbocycles. The molecule has 0 radical (unpaired) electrons. The smallest absolute Gasteiger partial charge is 0.274 e. The number of rotatable bonds is 5. The summed E-state index contributed by atoms with van der Waals surface area (Å²) in [6, 6.07) is 14.0. The first kappa shape index (κ1) is 18.3. The van der Waals surface area contributed by atoms with Crippen LogP contribution in [0.5, 0.6) is 0 Å². The Labute approximate surface area is 165 Å². The minimum Gasteiger partial charge on any atom is -0.348 e. The normalized spacial score (nSPS) is 19.3. The van der Waals surface area contributed by atoms with Crippen molar-refractivity contribution in [1.29, 1.82) is 0 Å². The minimum absolute atomic E-state index is 0.148. The van der Waals surface area contributed by atoms with Crippen LogP contribution < -0.4 is 5.32 Å². The number of hydrogen-bond acceptors (Lipinski definition) is 4. The van der Waals surface area contributed by atoms with Gasteiger partial charge in [-0.2, -0.15) is 0 Å². The number of carbonyl (C=O) groups is 1. The van der Waals surface area contributed by atoms with Crippen molar-refractivity contribution < 1.29 is 4.79 Å². The summed E-state index contributed by atoms with van der Waals surface area (Å²) in [5.41, 5.74) is 3.10. The quantitative estimate of drug-likeness (QED) is 0.738. The van der Waals surface area contributed by atoms with Gasteiger partial charge in [0, 0.05) is 24.0 Å². The molecule has 1 N–H and O–H groups in total. The Morgan fingerprint density at radius 3 is 2.61 bits per heavy atom. The van der Waals surface area contributed by atoms with Crippen LogP contribution >= 0.6 is 0 Å². The number of nitrogens with zero attached hydrogens (tertiary/aromatic N) is 4. The highest BCUT2D eigenvalue weighted by Crippen LogP contribution is 2.26. The highest BCUT2D eigenvalue weighted by molar-refractivity contribution is 5.98. The zero-order valence-electron chi connectivity index (χ0n) is 16.1.